The molecule has 0 spiro atoms. The summed E-state index contributed by atoms with van der Waals surface area (Å²) in [7, 11) is 0. The maximum Gasteiger partial charge on any atom is 0.263 e. The predicted octanol–water partition coefficient (Wildman–Crippen LogP) is 2.91. The molecule has 8 nitrogen and oxygen atoms in total. The Hall–Kier alpha value is -3.04. The van der Waals surface area contributed by atoms with Gasteiger partial charge in [-0.15, -0.1) is 0 Å². The fourth-order valence-electron chi connectivity index (χ4n) is 3.77. The van der Waals surface area contributed by atoms with Gasteiger partial charge in [0.15, 0.2) is 5.65 Å². The zero-order valence-corrected chi connectivity index (χ0v) is 19.2. The van der Waals surface area contributed by atoms with Gasteiger partial charge in [0, 0.05) is 11.6 Å². The summed E-state index contributed by atoms with van der Waals surface area (Å²) < 4.78 is 21.0. The zero-order valence-electron chi connectivity index (χ0n) is 18.4. The lowest BCUT2D eigenvalue weighted by atomic mass is 10.1. The van der Waals surface area contributed by atoms with E-state index in [9.17, 15) is 14.0 Å². The Kier molecular flexibility index (Phi) is 6.90. The number of benzene rings is 1. The lowest BCUT2D eigenvalue weighted by molar-refractivity contribution is -0.122. The number of piperidine rings is 1. The Labute approximate surface area is 195 Å². The first-order chi connectivity index (χ1) is 15.8. The minimum atomic E-state index is -0.592. The maximum atomic E-state index is 13.7. The first-order valence-corrected chi connectivity index (χ1v) is 11.2. The second-order valence-electron chi connectivity index (χ2n) is 8.29. The molecule has 1 aliphatic rings. The molecule has 2 N–H and O–H groups in total. The van der Waals surface area contributed by atoms with Gasteiger partial charge in [-0.25, -0.2) is 14.4 Å². The highest BCUT2D eigenvalue weighted by atomic mass is 35.5. The lowest BCUT2D eigenvalue weighted by Gasteiger charge is -2.23. The minimum Gasteiger partial charge on any atom is -0.489 e. The third-order valence-electron chi connectivity index (χ3n) is 5.30. The summed E-state index contributed by atoms with van der Waals surface area (Å²) in [4.78, 5) is 34.8. The highest BCUT2D eigenvalue weighted by Crippen LogP contribution is 2.25. The van der Waals surface area contributed by atoms with E-state index in [1.165, 1.54) is 29.0 Å². The molecule has 3 aromatic rings. The number of rotatable bonds is 6. The first-order valence-electron chi connectivity index (χ1n) is 10.8. The number of carbonyl (C=O) groups excluding carboxylic acids is 1. The van der Waals surface area contributed by atoms with Crippen molar-refractivity contribution >= 4 is 28.5 Å². The van der Waals surface area contributed by atoms with E-state index in [-0.39, 0.29) is 46.5 Å². The second-order valence-corrected chi connectivity index (χ2v) is 8.69. The average molecular weight is 474 g/mol. The smallest absolute Gasteiger partial charge is 0.263 e. The molecule has 4 rings (SSSR count). The fraction of sp³-hybridized carbons (Fsp3) is 0.391. The van der Waals surface area contributed by atoms with E-state index >= 15 is 0 Å². The fourth-order valence-corrected chi connectivity index (χ4v) is 3.95. The zero-order chi connectivity index (χ0) is 23.5. The van der Waals surface area contributed by atoms with Crippen LogP contribution in [0.3, 0.4) is 0 Å². The summed E-state index contributed by atoms with van der Waals surface area (Å²) in [5.41, 5.74) is 0.154. The second kappa shape index (κ2) is 9.84. The molecule has 1 aliphatic heterocycles. The molecule has 10 heteroatoms. The van der Waals surface area contributed by atoms with Gasteiger partial charge >= 0.3 is 0 Å². The van der Waals surface area contributed by atoms with Crippen molar-refractivity contribution in [3.05, 3.63) is 51.7 Å². The summed E-state index contributed by atoms with van der Waals surface area (Å²) >= 11 is 5.96. The molecule has 0 atom stereocenters. The standard InChI is InChI=1S/C23H25ClFN5O3/c1-13(2)28-20(31)12-30-22(14-3-4-19(25)18(24)9-14)29-21-17(23(30)32)10-16(11-27-21)33-15-5-7-26-8-6-15/h3-4,9-11,13,15,26H,5-8,12H2,1-2H3,(H,28,31). The number of pyridine rings is 1. The third-order valence-corrected chi connectivity index (χ3v) is 5.59. The highest BCUT2D eigenvalue weighted by molar-refractivity contribution is 6.31. The molecule has 3 heterocycles. The number of ether oxygens (including phenoxy) is 1. The van der Waals surface area contributed by atoms with Crippen LogP contribution in [0.2, 0.25) is 5.02 Å². The number of amides is 1. The van der Waals surface area contributed by atoms with Crippen LogP contribution in [-0.2, 0) is 11.3 Å². The van der Waals surface area contributed by atoms with E-state index in [0.717, 1.165) is 25.9 Å². The van der Waals surface area contributed by atoms with Gasteiger partial charge in [0.05, 0.1) is 16.6 Å². The van der Waals surface area contributed by atoms with Crippen LogP contribution in [0.15, 0.2) is 35.3 Å². The number of nitrogens with one attached hydrogen (secondary N) is 2. The molecule has 2 aromatic heterocycles. The summed E-state index contributed by atoms with van der Waals surface area (Å²) in [6, 6.07) is 5.53. The third kappa shape index (κ3) is 5.31. The van der Waals surface area contributed by atoms with Crippen molar-refractivity contribution in [3.63, 3.8) is 0 Å². The molecule has 0 radical (unpaired) electrons. The summed E-state index contributed by atoms with van der Waals surface area (Å²) in [5.74, 6) is -0.292. The van der Waals surface area contributed by atoms with Crippen LogP contribution in [0.1, 0.15) is 26.7 Å². The monoisotopic (exact) mass is 473 g/mol. The quantitative estimate of drug-likeness (QED) is 0.571. The average Bonchev–Trinajstić information content (AvgIpc) is 2.78. The van der Waals surface area contributed by atoms with Gasteiger partial charge < -0.3 is 15.4 Å². The largest absolute Gasteiger partial charge is 0.489 e. The van der Waals surface area contributed by atoms with Crippen LogP contribution >= 0.6 is 11.6 Å². The molecule has 33 heavy (non-hydrogen) atoms. The maximum absolute atomic E-state index is 13.7. The Morgan fingerprint density at radius 3 is 2.79 bits per heavy atom. The molecular weight excluding hydrogens is 449 g/mol. The number of hydrogen-bond acceptors (Lipinski definition) is 6. The molecule has 0 bridgehead atoms. The van der Waals surface area contributed by atoms with E-state index in [4.69, 9.17) is 16.3 Å². The van der Waals surface area contributed by atoms with E-state index in [0.29, 0.717) is 11.3 Å². The Morgan fingerprint density at radius 1 is 1.33 bits per heavy atom. The molecule has 0 unspecified atom stereocenters. The van der Waals surface area contributed by atoms with Gasteiger partial charge in [-0.05, 0) is 64.0 Å². The van der Waals surface area contributed by atoms with Gasteiger partial charge in [0.1, 0.15) is 30.0 Å². The predicted molar refractivity (Wildman–Crippen MR) is 124 cm³/mol. The Balaban J connectivity index is 1.80. The molecule has 0 aliphatic carbocycles. The summed E-state index contributed by atoms with van der Waals surface area (Å²) in [6.45, 7) is 5.13. The molecule has 174 valence electrons. The van der Waals surface area contributed by atoms with Crippen LogP contribution in [0.4, 0.5) is 4.39 Å². The number of carbonyl (C=O) groups is 1. The Morgan fingerprint density at radius 2 is 2.09 bits per heavy atom. The molecule has 1 amide bonds. The van der Waals surface area contributed by atoms with Gasteiger partial charge in [-0.1, -0.05) is 11.6 Å². The highest BCUT2D eigenvalue weighted by Gasteiger charge is 2.20. The van der Waals surface area contributed by atoms with Crippen LogP contribution in [0.5, 0.6) is 5.75 Å². The van der Waals surface area contributed by atoms with Crippen molar-refractivity contribution in [3.8, 4) is 17.1 Å². The Bertz CT molecular complexity index is 1240. The van der Waals surface area contributed by atoms with Crippen LogP contribution in [0.25, 0.3) is 22.4 Å². The van der Waals surface area contributed by atoms with E-state index < -0.39 is 11.4 Å². The van der Waals surface area contributed by atoms with E-state index in [1.54, 1.807) is 6.07 Å². The van der Waals surface area contributed by atoms with Crippen LogP contribution in [0, 0.1) is 5.82 Å². The van der Waals surface area contributed by atoms with Crippen molar-refractivity contribution in [1.29, 1.82) is 0 Å². The number of fused-ring (bicyclic) bond motifs is 1. The number of halogens is 2. The van der Waals surface area contributed by atoms with Crippen LogP contribution < -0.4 is 20.9 Å². The SMILES string of the molecule is CC(C)NC(=O)Cn1c(-c2ccc(F)c(Cl)c2)nc2ncc(OC3CCNCC3)cc2c1=O. The summed E-state index contributed by atoms with van der Waals surface area (Å²) in [6.07, 6.45) is 3.30. The minimum absolute atomic E-state index is 0.0399. The normalized spacial score (nSPS) is 14.6. The van der Waals surface area contributed by atoms with Crippen molar-refractivity contribution in [1.82, 2.24) is 25.2 Å². The molecule has 0 saturated carbocycles. The number of hydrogen-bond donors (Lipinski definition) is 2. The van der Waals surface area contributed by atoms with Gasteiger partial charge in [0.25, 0.3) is 5.56 Å². The van der Waals surface area contributed by atoms with E-state index in [1.807, 2.05) is 13.8 Å². The van der Waals surface area contributed by atoms with Crippen molar-refractivity contribution < 1.29 is 13.9 Å². The number of nitrogens with zero attached hydrogens (tertiary/aromatic N) is 3. The molecule has 1 fully saturated rings. The summed E-state index contributed by atoms with van der Waals surface area (Å²) in [5, 5.41) is 6.17. The first kappa shape index (κ1) is 23.1. The van der Waals surface area contributed by atoms with E-state index in [2.05, 4.69) is 20.6 Å². The van der Waals surface area contributed by atoms with Crippen molar-refractivity contribution in [2.45, 2.75) is 45.4 Å². The topological polar surface area (TPSA) is 98.1 Å². The van der Waals surface area contributed by atoms with Gasteiger partial charge in [-0.3, -0.25) is 14.2 Å². The van der Waals surface area contributed by atoms with Crippen molar-refractivity contribution in [2.75, 3.05) is 13.1 Å². The lowest BCUT2D eigenvalue weighted by Crippen LogP contribution is -2.37. The number of aromatic nitrogens is 3. The molecule has 1 aromatic carbocycles. The van der Waals surface area contributed by atoms with Crippen LogP contribution in [-0.4, -0.2) is 45.7 Å². The van der Waals surface area contributed by atoms with Gasteiger partial charge in [-0.2, -0.15) is 0 Å². The van der Waals surface area contributed by atoms with Crippen molar-refractivity contribution in [2.24, 2.45) is 0 Å². The van der Waals surface area contributed by atoms with Gasteiger partial charge in [0.2, 0.25) is 5.91 Å². The molecule has 1 saturated heterocycles. The molecular formula is C23H25ClFN5O3.